The first-order chi connectivity index (χ1) is 11.1. The molecular weight excluding hydrogens is 296 g/mol. The number of hydrogen-bond donors (Lipinski definition) is 4. The van der Waals surface area contributed by atoms with Crippen LogP contribution >= 0.6 is 0 Å². The normalized spacial score (nSPS) is 11.6. The molecule has 23 heavy (non-hydrogen) atoms. The van der Waals surface area contributed by atoms with Crippen LogP contribution < -0.4 is 15.4 Å². The van der Waals surface area contributed by atoms with Crippen LogP contribution in [0.25, 0.3) is 0 Å². The Morgan fingerprint density at radius 1 is 1.17 bits per heavy atom. The van der Waals surface area contributed by atoms with Crippen LogP contribution in [-0.2, 0) is 0 Å². The van der Waals surface area contributed by atoms with E-state index in [2.05, 4.69) is 10.6 Å². The molecule has 122 valence electrons. The molecule has 0 fully saturated rings. The van der Waals surface area contributed by atoms with E-state index in [1.165, 1.54) is 0 Å². The molecule has 6 heteroatoms. The van der Waals surface area contributed by atoms with Crippen molar-refractivity contribution in [2.45, 2.75) is 6.10 Å². The average molecular weight is 316 g/mol. The molecule has 2 rings (SSSR count). The van der Waals surface area contributed by atoms with Crippen molar-refractivity contribution < 1.29 is 19.7 Å². The average Bonchev–Trinajstić information content (AvgIpc) is 2.60. The fourth-order valence-electron chi connectivity index (χ4n) is 1.95. The van der Waals surface area contributed by atoms with Gasteiger partial charge in [-0.1, -0.05) is 6.07 Å². The molecule has 2 aromatic rings. The summed E-state index contributed by atoms with van der Waals surface area (Å²) in [6, 6.07) is 14.0. The Bertz CT molecular complexity index is 643. The molecule has 0 bridgehead atoms. The Morgan fingerprint density at radius 2 is 1.91 bits per heavy atom. The summed E-state index contributed by atoms with van der Waals surface area (Å²) >= 11 is 0. The van der Waals surface area contributed by atoms with Crippen molar-refractivity contribution in [3.05, 3.63) is 54.1 Å². The van der Waals surface area contributed by atoms with Crippen molar-refractivity contribution in [3.8, 4) is 5.75 Å². The minimum atomic E-state index is -0.841. The van der Waals surface area contributed by atoms with Crippen molar-refractivity contribution in [1.29, 1.82) is 0 Å². The van der Waals surface area contributed by atoms with E-state index in [-0.39, 0.29) is 19.1 Å². The van der Waals surface area contributed by atoms with Crippen molar-refractivity contribution >= 4 is 17.3 Å². The molecule has 1 amide bonds. The molecular formula is C17H20N2O4. The monoisotopic (exact) mass is 316 g/mol. The summed E-state index contributed by atoms with van der Waals surface area (Å²) < 4.78 is 5.07. The number of ether oxygens (including phenoxy) is 1. The van der Waals surface area contributed by atoms with Crippen LogP contribution in [0.4, 0.5) is 11.4 Å². The number of nitrogens with one attached hydrogen (secondary N) is 2. The van der Waals surface area contributed by atoms with Crippen molar-refractivity contribution in [3.63, 3.8) is 0 Å². The van der Waals surface area contributed by atoms with E-state index in [9.17, 15) is 9.90 Å². The van der Waals surface area contributed by atoms with Gasteiger partial charge < -0.3 is 25.6 Å². The van der Waals surface area contributed by atoms with Gasteiger partial charge in [-0.2, -0.15) is 0 Å². The Morgan fingerprint density at radius 3 is 2.57 bits per heavy atom. The van der Waals surface area contributed by atoms with E-state index >= 15 is 0 Å². The molecule has 0 saturated carbocycles. The standard InChI is InChI=1S/C17H20N2O4/c1-23-16-7-5-13(6-8-16)19-17(22)12-3-2-4-14(9-12)18-10-15(21)11-20/h2-9,15,18,20-21H,10-11H2,1H3,(H,19,22). The van der Waals surface area contributed by atoms with Gasteiger partial charge in [-0.25, -0.2) is 0 Å². The zero-order valence-corrected chi connectivity index (χ0v) is 12.8. The lowest BCUT2D eigenvalue weighted by atomic mass is 10.1. The number of rotatable bonds is 7. The molecule has 0 radical (unpaired) electrons. The molecule has 0 aliphatic rings. The highest BCUT2D eigenvalue weighted by Crippen LogP contribution is 2.17. The summed E-state index contributed by atoms with van der Waals surface area (Å²) in [5.74, 6) is 0.484. The number of aliphatic hydroxyl groups is 2. The third kappa shape index (κ3) is 4.98. The third-order valence-electron chi connectivity index (χ3n) is 3.23. The van der Waals surface area contributed by atoms with Gasteiger partial charge in [0.1, 0.15) is 5.75 Å². The second kappa shape index (κ2) is 8.17. The first kappa shape index (κ1) is 16.8. The van der Waals surface area contributed by atoms with E-state index in [4.69, 9.17) is 9.84 Å². The van der Waals surface area contributed by atoms with E-state index in [1.807, 2.05) is 0 Å². The van der Waals surface area contributed by atoms with Crippen LogP contribution in [0, 0.1) is 0 Å². The predicted molar refractivity (Wildman–Crippen MR) is 89.0 cm³/mol. The van der Waals surface area contributed by atoms with Gasteiger partial charge in [0, 0.05) is 23.5 Å². The van der Waals surface area contributed by atoms with Gasteiger partial charge in [-0.15, -0.1) is 0 Å². The predicted octanol–water partition coefficient (Wildman–Crippen LogP) is 1.71. The number of hydrogen-bond acceptors (Lipinski definition) is 5. The number of aliphatic hydroxyl groups excluding tert-OH is 2. The number of methoxy groups -OCH3 is 1. The van der Waals surface area contributed by atoms with Crippen molar-refractivity contribution in [2.75, 3.05) is 30.9 Å². The van der Waals surface area contributed by atoms with Gasteiger partial charge in [0.25, 0.3) is 5.91 Å². The lowest BCUT2D eigenvalue weighted by molar-refractivity contribution is 0.102. The van der Waals surface area contributed by atoms with Gasteiger partial charge in [0.05, 0.1) is 19.8 Å². The molecule has 0 aliphatic carbocycles. The first-order valence-corrected chi connectivity index (χ1v) is 7.20. The molecule has 0 aromatic heterocycles. The van der Waals surface area contributed by atoms with Gasteiger partial charge >= 0.3 is 0 Å². The smallest absolute Gasteiger partial charge is 0.255 e. The summed E-state index contributed by atoms with van der Waals surface area (Å²) in [7, 11) is 1.58. The highest BCUT2D eigenvalue weighted by atomic mass is 16.5. The molecule has 0 aliphatic heterocycles. The summed E-state index contributed by atoms with van der Waals surface area (Å²) in [5.41, 5.74) is 1.86. The summed E-state index contributed by atoms with van der Waals surface area (Å²) in [4.78, 5) is 12.3. The van der Waals surface area contributed by atoms with Crippen molar-refractivity contribution in [1.82, 2.24) is 0 Å². The van der Waals surface area contributed by atoms with E-state index in [0.29, 0.717) is 16.9 Å². The third-order valence-corrected chi connectivity index (χ3v) is 3.23. The maximum absolute atomic E-state index is 12.3. The summed E-state index contributed by atoms with van der Waals surface area (Å²) in [6.45, 7) is -0.106. The number of anilines is 2. The van der Waals surface area contributed by atoms with E-state index < -0.39 is 6.10 Å². The SMILES string of the molecule is COc1ccc(NC(=O)c2cccc(NCC(O)CO)c2)cc1. The Kier molecular flexibility index (Phi) is 5.96. The Balaban J connectivity index is 2.01. The minimum absolute atomic E-state index is 0.208. The highest BCUT2D eigenvalue weighted by molar-refractivity contribution is 6.04. The Hall–Kier alpha value is -2.57. The summed E-state index contributed by atoms with van der Waals surface area (Å²) in [5, 5.41) is 23.9. The molecule has 6 nitrogen and oxygen atoms in total. The minimum Gasteiger partial charge on any atom is -0.497 e. The van der Waals surface area contributed by atoms with Crippen molar-refractivity contribution in [2.24, 2.45) is 0 Å². The van der Waals surface area contributed by atoms with E-state index in [0.717, 1.165) is 5.75 Å². The van der Waals surface area contributed by atoms with Crippen LogP contribution in [0.5, 0.6) is 5.75 Å². The number of amides is 1. The molecule has 1 unspecified atom stereocenters. The van der Waals surface area contributed by atoms with Crippen LogP contribution in [0.3, 0.4) is 0 Å². The molecule has 1 atom stereocenters. The van der Waals surface area contributed by atoms with Crippen LogP contribution in [0.2, 0.25) is 0 Å². The van der Waals surface area contributed by atoms with Crippen LogP contribution in [0.1, 0.15) is 10.4 Å². The quantitative estimate of drug-likeness (QED) is 0.624. The van der Waals surface area contributed by atoms with Gasteiger partial charge in [0.15, 0.2) is 0 Å². The maximum Gasteiger partial charge on any atom is 0.255 e. The number of benzene rings is 2. The Labute approximate surface area is 134 Å². The van der Waals surface area contributed by atoms with Gasteiger partial charge in [0.2, 0.25) is 0 Å². The zero-order valence-electron chi connectivity index (χ0n) is 12.8. The highest BCUT2D eigenvalue weighted by Gasteiger charge is 2.08. The number of carbonyl (C=O) groups excluding carboxylic acids is 1. The summed E-state index contributed by atoms with van der Waals surface area (Å²) in [6.07, 6.45) is -0.841. The van der Waals surface area contributed by atoms with Crippen LogP contribution in [0.15, 0.2) is 48.5 Å². The number of carbonyl (C=O) groups is 1. The lowest BCUT2D eigenvalue weighted by Gasteiger charge is -2.11. The molecule has 0 saturated heterocycles. The second-order valence-electron chi connectivity index (χ2n) is 4.98. The topological polar surface area (TPSA) is 90.8 Å². The first-order valence-electron chi connectivity index (χ1n) is 7.20. The lowest BCUT2D eigenvalue weighted by Crippen LogP contribution is -2.23. The molecule has 2 aromatic carbocycles. The molecule has 0 spiro atoms. The zero-order chi connectivity index (χ0) is 16.7. The largest absolute Gasteiger partial charge is 0.497 e. The van der Waals surface area contributed by atoms with Gasteiger partial charge in [-0.3, -0.25) is 4.79 Å². The molecule has 0 heterocycles. The molecule has 4 N–H and O–H groups in total. The second-order valence-corrected chi connectivity index (χ2v) is 4.98. The van der Waals surface area contributed by atoms with Crippen LogP contribution in [-0.4, -0.2) is 42.5 Å². The van der Waals surface area contributed by atoms with Gasteiger partial charge in [-0.05, 0) is 42.5 Å². The van der Waals surface area contributed by atoms with E-state index in [1.54, 1.807) is 55.6 Å². The fraction of sp³-hybridized carbons (Fsp3) is 0.235. The maximum atomic E-state index is 12.3. The fourth-order valence-corrected chi connectivity index (χ4v) is 1.95.